The van der Waals surface area contributed by atoms with Crippen molar-refractivity contribution in [3.63, 3.8) is 0 Å². The van der Waals surface area contributed by atoms with Gasteiger partial charge in [0.25, 0.3) is 0 Å². The molecule has 1 amide bonds. The molecule has 1 unspecified atom stereocenters. The van der Waals surface area contributed by atoms with E-state index in [1.165, 1.54) is 12.3 Å². The Kier molecular flexibility index (Phi) is 7.39. The van der Waals surface area contributed by atoms with Crippen LogP contribution in [-0.2, 0) is 26.7 Å². The van der Waals surface area contributed by atoms with Gasteiger partial charge in [0.1, 0.15) is 5.82 Å². The van der Waals surface area contributed by atoms with Crippen LogP contribution in [0.4, 0.5) is 24.7 Å². The van der Waals surface area contributed by atoms with Crippen LogP contribution in [0.3, 0.4) is 0 Å². The van der Waals surface area contributed by atoms with Gasteiger partial charge in [-0.3, -0.25) is 14.5 Å². The molecule has 3 aromatic rings. The number of carbonyl (C=O) groups is 1. The number of carbonyl (C=O) groups excluding carboxylic acids is 1. The van der Waals surface area contributed by atoms with E-state index >= 15 is 0 Å². The molecule has 2 aromatic heterocycles. The maximum Gasteiger partial charge on any atom is 0.417 e. The summed E-state index contributed by atoms with van der Waals surface area (Å²) in [4.78, 5) is 20.3. The van der Waals surface area contributed by atoms with E-state index in [2.05, 4.69) is 20.0 Å². The van der Waals surface area contributed by atoms with Crippen molar-refractivity contribution in [2.75, 3.05) is 5.32 Å². The van der Waals surface area contributed by atoms with Gasteiger partial charge >= 0.3 is 6.18 Å². The predicted molar refractivity (Wildman–Crippen MR) is 129 cm³/mol. The lowest BCUT2D eigenvalue weighted by atomic mass is 10.1. The predicted octanol–water partition coefficient (Wildman–Crippen LogP) is 5.07. The summed E-state index contributed by atoms with van der Waals surface area (Å²) in [6.45, 7) is 0. The number of aromatic nitrogens is 2. The van der Waals surface area contributed by atoms with Gasteiger partial charge in [0.05, 0.1) is 11.3 Å². The summed E-state index contributed by atoms with van der Waals surface area (Å²) in [5.74, 6) is -1.02. The molecular weight excluding hydrogens is 493 g/mol. The Morgan fingerprint density at radius 1 is 1.11 bits per heavy atom. The number of pyridine rings is 2. The zero-order valence-electron chi connectivity index (χ0n) is 19.0. The summed E-state index contributed by atoms with van der Waals surface area (Å²) >= 11 is 0. The van der Waals surface area contributed by atoms with E-state index < -0.39 is 33.6 Å². The highest BCUT2D eigenvalue weighted by Gasteiger charge is 2.31. The van der Waals surface area contributed by atoms with Crippen LogP contribution < -0.4 is 10.0 Å². The Morgan fingerprint density at radius 2 is 1.94 bits per heavy atom. The smallest absolute Gasteiger partial charge is 0.340 e. The molecule has 2 heterocycles. The number of benzene rings is 1. The van der Waals surface area contributed by atoms with E-state index in [4.69, 9.17) is 0 Å². The molecular formula is C25H23F3N4O3S. The van der Waals surface area contributed by atoms with E-state index in [1.54, 1.807) is 30.5 Å². The molecule has 1 aliphatic rings. The molecule has 0 saturated heterocycles. The molecule has 4 rings (SSSR count). The van der Waals surface area contributed by atoms with Gasteiger partial charge in [0, 0.05) is 30.2 Å². The highest BCUT2D eigenvalue weighted by molar-refractivity contribution is 7.89. The zero-order chi connectivity index (χ0) is 25.8. The van der Waals surface area contributed by atoms with Gasteiger partial charge in [0.2, 0.25) is 15.9 Å². The second kappa shape index (κ2) is 10.5. The molecule has 188 valence electrons. The van der Waals surface area contributed by atoms with Crippen LogP contribution in [0.5, 0.6) is 0 Å². The Balaban J connectivity index is 1.36. The third-order valence-corrected chi connectivity index (χ3v) is 6.88. The summed E-state index contributed by atoms with van der Waals surface area (Å²) in [6.07, 6.45) is 2.86. The van der Waals surface area contributed by atoms with Crippen molar-refractivity contribution in [3.05, 3.63) is 89.4 Å². The van der Waals surface area contributed by atoms with Crippen molar-refractivity contribution in [1.29, 1.82) is 0 Å². The molecule has 1 saturated carbocycles. The molecule has 0 bridgehead atoms. The Hall–Kier alpha value is -3.73. The molecule has 0 radical (unpaired) electrons. The minimum atomic E-state index is -4.45. The molecule has 1 atom stereocenters. The van der Waals surface area contributed by atoms with Crippen LogP contribution >= 0.6 is 0 Å². The molecule has 0 aliphatic heterocycles. The highest BCUT2D eigenvalue weighted by atomic mass is 32.2. The van der Waals surface area contributed by atoms with Crippen LogP contribution in [0.1, 0.15) is 36.0 Å². The second-order valence-corrected chi connectivity index (χ2v) is 10.2. The largest absolute Gasteiger partial charge is 0.417 e. The van der Waals surface area contributed by atoms with Crippen molar-refractivity contribution in [2.45, 2.75) is 31.2 Å². The van der Waals surface area contributed by atoms with Crippen LogP contribution in [0.15, 0.2) is 72.7 Å². The number of halogens is 3. The van der Waals surface area contributed by atoms with E-state index in [9.17, 15) is 26.4 Å². The van der Waals surface area contributed by atoms with E-state index in [1.807, 2.05) is 18.2 Å². The first-order chi connectivity index (χ1) is 17.1. The average Bonchev–Trinajstić information content (AvgIpc) is 3.28. The average molecular weight is 517 g/mol. The number of nitrogens with one attached hydrogen (secondary N) is 2. The second-order valence-electron chi connectivity index (χ2n) is 8.51. The first-order valence-electron chi connectivity index (χ1n) is 11.1. The summed E-state index contributed by atoms with van der Waals surface area (Å²) in [5.41, 5.74) is 2.16. The number of allylic oxidation sites excluding steroid dienone is 1. The summed E-state index contributed by atoms with van der Waals surface area (Å²) in [7, 11) is -3.83. The van der Waals surface area contributed by atoms with Crippen molar-refractivity contribution >= 4 is 33.5 Å². The Morgan fingerprint density at radius 3 is 2.64 bits per heavy atom. The molecule has 1 fully saturated rings. The molecule has 1 aliphatic carbocycles. The summed E-state index contributed by atoms with van der Waals surface area (Å²) in [6, 6.07) is 12.7. The fourth-order valence-corrected chi connectivity index (χ4v) is 5.09. The maximum absolute atomic E-state index is 12.7. The number of anilines is 2. The summed E-state index contributed by atoms with van der Waals surface area (Å²) < 4.78 is 65.0. The lowest BCUT2D eigenvalue weighted by Crippen LogP contribution is -2.35. The van der Waals surface area contributed by atoms with Crippen molar-refractivity contribution in [3.8, 4) is 0 Å². The first kappa shape index (κ1) is 25.4. The lowest BCUT2D eigenvalue weighted by Gasteiger charge is -2.11. The van der Waals surface area contributed by atoms with Crippen molar-refractivity contribution < 1.29 is 26.4 Å². The van der Waals surface area contributed by atoms with Crippen LogP contribution in [0.2, 0.25) is 0 Å². The van der Waals surface area contributed by atoms with Crippen molar-refractivity contribution in [2.24, 2.45) is 5.92 Å². The third-order valence-electron chi connectivity index (χ3n) is 5.65. The van der Waals surface area contributed by atoms with Crippen LogP contribution in [0.25, 0.3) is 6.08 Å². The van der Waals surface area contributed by atoms with Gasteiger partial charge in [-0.2, -0.15) is 13.2 Å². The standard InChI is InChI=1S/C25H23F3N4O3S/c26-25(27,28)21-8-9-23(30-15-21)31-22-5-1-3-17(13-22)11-18-6-7-20(12-18)24(33)32-36(34,35)16-19-4-2-10-29-14-19/h1-5,8-11,13-15,20H,6-7,12,16H2,(H,30,31)(H,32,33). The highest BCUT2D eigenvalue weighted by Crippen LogP contribution is 2.33. The molecule has 36 heavy (non-hydrogen) atoms. The number of sulfonamides is 1. The third kappa shape index (κ3) is 6.91. The van der Waals surface area contributed by atoms with Gasteiger partial charge in [0.15, 0.2) is 0 Å². The molecule has 1 aromatic carbocycles. The maximum atomic E-state index is 12.7. The number of rotatable bonds is 7. The molecule has 0 spiro atoms. The zero-order valence-corrected chi connectivity index (χ0v) is 19.8. The quantitative estimate of drug-likeness (QED) is 0.455. The molecule has 7 nitrogen and oxygen atoms in total. The molecule has 11 heteroatoms. The molecule has 2 N–H and O–H groups in total. The SMILES string of the molecule is O=C(NS(=O)(=O)Cc1cccnc1)C1CCC(=Cc2cccc(Nc3ccc(C(F)(F)F)cn3)c2)C1. The first-order valence-corrected chi connectivity index (χ1v) is 12.8. The number of hydrogen-bond acceptors (Lipinski definition) is 6. The number of amides is 1. The Labute approximate surface area is 206 Å². The number of alkyl halides is 3. The van der Waals surface area contributed by atoms with Crippen LogP contribution in [-0.4, -0.2) is 24.3 Å². The monoisotopic (exact) mass is 516 g/mol. The fourth-order valence-electron chi connectivity index (χ4n) is 3.94. The minimum Gasteiger partial charge on any atom is -0.340 e. The topological polar surface area (TPSA) is 101 Å². The number of hydrogen-bond donors (Lipinski definition) is 2. The Bertz CT molecular complexity index is 1360. The van der Waals surface area contributed by atoms with Gasteiger partial charge < -0.3 is 5.32 Å². The van der Waals surface area contributed by atoms with Gasteiger partial charge in [-0.15, -0.1) is 0 Å². The van der Waals surface area contributed by atoms with E-state index in [-0.39, 0.29) is 11.6 Å². The fraction of sp³-hybridized carbons (Fsp3) is 0.240. The normalized spacial score (nSPS) is 17.2. The van der Waals surface area contributed by atoms with E-state index in [0.717, 1.165) is 23.4 Å². The summed E-state index contributed by atoms with van der Waals surface area (Å²) in [5, 5.41) is 2.98. The minimum absolute atomic E-state index is 0.276. The van der Waals surface area contributed by atoms with E-state index in [0.29, 0.717) is 30.5 Å². The number of nitrogens with zero attached hydrogens (tertiary/aromatic N) is 2. The lowest BCUT2D eigenvalue weighted by molar-refractivity contribution is -0.137. The van der Waals surface area contributed by atoms with Crippen molar-refractivity contribution in [1.82, 2.24) is 14.7 Å². The van der Waals surface area contributed by atoms with Gasteiger partial charge in [-0.25, -0.2) is 13.4 Å². The van der Waals surface area contributed by atoms with Gasteiger partial charge in [-0.05, 0) is 60.7 Å². The van der Waals surface area contributed by atoms with Gasteiger partial charge in [-0.1, -0.05) is 29.8 Å². The van der Waals surface area contributed by atoms with Crippen LogP contribution in [0, 0.1) is 5.92 Å².